The van der Waals surface area contributed by atoms with E-state index in [1.165, 1.54) is 17.0 Å². The normalized spacial score (nSPS) is 20.9. The van der Waals surface area contributed by atoms with Gasteiger partial charge in [-0.1, -0.05) is 6.07 Å². The molecule has 1 aliphatic heterocycles. The summed E-state index contributed by atoms with van der Waals surface area (Å²) >= 11 is 0. The SMILES string of the molecule is CN1C(=O)CC(N)c2ccc(F)cc21. The molecule has 0 bridgehead atoms. The van der Waals surface area contributed by atoms with Crippen LogP contribution >= 0.6 is 0 Å². The molecule has 0 spiro atoms. The maximum Gasteiger partial charge on any atom is 0.228 e. The van der Waals surface area contributed by atoms with Gasteiger partial charge >= 0.3 is 0 Å². The Morgan fingerprint density at radius 1 is 1.57 bits per heavy atom. The molecular weight excluding hydrogens is 183 g/mol. The molecule has 2 rings (SSSR count). The number of halogens is 1. The zero-order valence-electron chi connectivity index (χ0n) is 7.83. The van der Waals surface area contributed by atoms with E-state index in [0.717, 1.165) is 5.56 Å². The van der Waals surface area contributed by atoms with Gasteiger partial charge < -0.3 is 10.6 Å². The fourth-order valence-corrected chi connectivity index (χ4v) is 1.69. The van der Waals surface area contributed by atoms with Crippen LogP contribution in [0.1, 0.15) is 18.0 Å². The predicted molar refractivity (Wildman–Crippen MR) is 51.4 cm³/mol. The predicted octanol–water partition coefficient (Wildman–Crippen LogP) is 1.19. The highest BCUT2D eigenvalue weighted by atomic mass is 19.1. The van der Waals surface area contributed by atoms with Crippen LogP contribution < -0.4 is 10.6 Å². The van der Waals surface area contributed by atoms with Gasteiger partial charge in [-0.05, 0) is 17.7 Å². The van der Waals surface area contributed by atoms with Gasteiger partial charge in [0.15, 0.2) is 0 Å². The Labute approximate surface area is 81.3 Å². The quantitative estimate of drug-likeness (QED) is 0.674. The molecular formula is C10H11FN2O. The van der Waals surface area contributed by atoms with E-state index >= 15 is 0 Å². The lowest BCUT2D eigenvalue weighted by atomic mass is 9.97. The van der Waals surface area contributed by atoms with E-state index < -0.39 is 0 Å². The molecule has 0 aliphatic carbocycles. The molecule has 3 nitrogen and oxygen atoms in total. The molecule has 2 N–H and O–H groups in total. The van der Waals surface area contributed by atoms with Crippen LogP contribution in [-0.2, 0) is 4.79 Å². The van der Waals surface area contributed by atoms with Gasteiger partial charge in [0.1, 0.15) is 5.82 Å². The van der Waals surface area contributed by atoms with Crippen molar-refractivity contribution in [1.82, 2.24) is 0 Å². The van der Waals surface area contributed by atoms with Crippen molar-refractivity contribution in [3.05, 3.63) is 29.6 Å². The van der Waals surface area contributed by atoms with Crippen molar-refractivity contribution in [2.24, 2.45) is 5.73 Å². The highest BCUT2D eigenvalue weighted by Crippen LogP contribution is 2.32. The number of rotatable bonds is 0. The first kappa shape index (κ1) is 9.15. The molecule has 1 aromatic rings. The van der Waals surface area contributed by atoms with Crippen LogP contribution in [0.4, 0.5) is 10.1 Å². The zero-order valence-corrected chi connectivity index (χ0v) is 7.83. The van der Waals surface area contributed by atoms with Crippen molar-refractivity contribution < 1.29 is 9.18 Å². The summed E-state index contributed by atoms with van der Waals surface area (Å²) in [6.45, 7) is 0. The van der Waals surface area contributed by atoms with Crippen LogP contribution in [0.5, 0.6) is 0 Å². The molecule has 0 fully saturated rings. The maximum absolute atomic E-state index is 12.9. The third-order valence-electron chi connectivity index (χ3n) is 2.52. The van der Waals surface area contributed by atoms with Crippen LogP contribution in [0.3, 0.4) is 0 Å². The molecule has 14 heavy (non-hydrogen) atoms. The van der Waals surface area contributed by atoms with Crippen molar-refractivity contribution >= 4 is 11.6 Å². The molecule has 74 valence electrons. The summed E-state index contributed by atoms with van der Waals surface area (Å²) in [7, 11) is 1.63. The first-order valence-corrected chi connectivity index (χ1v) is 4.41. The molecule has 0 aromatic heterocycles. The number of nitrogens with two attached hydrogens (primary N) is 1. The summed E-state index contributed by atoms with van der Waals surface area (Å²) in [5.41, 5.74) is 7.18. The molecule has 0 saturated heterocycles. The third kappa shape index (κ3) is 1.28. The van der Waals surface area contributed by atoms with Crippen LogP contribution in [0.25, 0.3) is 0 Å². The van der Waals surface area contributed by atoms with Gasteiger partial charge in [-0.2, -0.15) is 0 Å². The Morgan fingerprint density at radius 2 is 2.29 bits per heavy atom. The largest absolute Gasteiger partial charge is 0.323 e. The Kier molecular flexibility index (Phi) is 2.00. The van der Waals surface area contributed by atoms with Crippen molar-refractivity contribution in [3.8, 4) is 0 Å². The number of benzene rings is 1. The smallest absolute Gasteiger partial charge is 0.228 e. The maximum atomic E-state index is 12.9. The summed E-state index contributed by atoms with van der Waals surface area (Å²) in [5.74, 6) is -0.423. The molecule has 0 radical (unpaired) electrons. The first-order chi connectivity index (χ1) is 6.59. The van der Waals surface area contributed by atoms with E-state index in [2.05, 4.69) is 0 Å². The second-order valence-electron chi connectivity index (χ2n) is 3.47. The van der Waals surface area contributed by atoms with E-state index in [0.29, 0.717) is 5.69 Å². The van der Waals surface area contributed by atoms with Gasteiger partial charge in [0.25, 0.3) is 0 Å². The van der Waals surface area contributed by atoms with Gasteiger partial charge in [-0.15, -0.1) is 0 Å². The Balaban J connectivity index is 2.56. The first-order valence-electron chi connectivity index (χ1n) is 4.41. The number of hydrogen-bond donors (Lipinski definition) is 1. The lowest BCUT2D eigenvalue weighted by Gasteiger charge is -2.29. The van der Waals surface area contributed by atoms with Crippen molar-refractivity contribution in [3.63, 3.8) is 0 Å². The topological polar surface area (TPSA) is 46.3 Å². The number of fused-ring (bicyclic) bond motifs is 1. The number of amides is 1. The summed E-state index contributed by atoms with van der Waals surface area (Å²) in [4.78, 5) is 12.8. The lowest BCUT2D eigenvalue weighted by molar-refractivity contribution is -0.119. The van der Waals surface area contributed by atoms with Gasteiger partial charge in [0, 0.05) is 19.5 Å². The average Bonchev–Trinajstić information content (AvgIpc) is 2.14. The number of nitrogens with zero attached hydrogens (tertiary/aromatic N) is 1. The molecule has 1 unspecified atom stereocenters. The number of carbonyl (C=O) groups excluding carboxylic acids is 1. The summed E-state index contributed by atoms with van der Waals surface area (Å²) < 4.78 is 12.9. The van der Waals surface area contributed by atoms with Gasteiger partial charge in [-0.3, -0.25) is 4.79 Å². The Hall–Kier alpha value is -1.42. The second kappa shape index (κ2) is 3.06. The number of hydrogen-bond acceptors (Lipinski definition) is 2. The molecule has 1 amide bonds. The fraction of sp³-hybridized carbons (Fsp3) is 0.300. The van der Waals surface area contributed by atoms with Gasteiger partial charge in [0.05, 0.1) is 5.69 Å². The molecule has 1 atom stereocenters. The Bertz CT molecular complexity index is 392. The lowest BCUT2D eigenvalue weighted by Crippen LogP contribution is -2.35. The fourth-order valence-electron chi connectivity index (χ4n) is 1.69. The molecule has 0 saturated carbocycles. The number of anilines is 1. The molecule has 4 heteroatoms. The van der Waals surface area contributed by atoms with E-state index in [-0.39, 0.29) is 24.2 Å². The standard InChI is InChI=1S/C10H11FN2O/c1-13-9-4-6(11)2-3-7(9)8(12)5-10(13)14/h2-4,8H,5,12H2,1H3. The van der Waals surface area contributed by atoms with E-state index in [1.54, 1.807) is 13.1 Å². The minimum Gasteiger partial charge on any atom is -0.323 e. The molecule has 1 aliphatic rings. The summed E-state index contributed by atoms with van der Waals surface area (Å²) in [6.07, 6.45) is 0.287. The zero-order chi connectivity index (χ0) is 10.3. The Morgan fingerprint density at radius 3 is 3.00 bits per heavy atom. The monoisotopic (exact) mass is 194 g/mol. The van der Waals surface area contributed by atoms with Crippen molar-refractivity contribution in [1.29, 1.82) is 0 Å². The molecule has 1 heterocycles. The van der Waals surface area contributed by atoms with E-state index in [4.69, 9.17) is 5.73 Å². The minimum atomic E-state index is -0.350. The summed E-state index contributed by atoms with van der Waals surface area (Å²) in [6, 6.07) is 4.03. The second-order valence-corrected chi connectivity index (χ2v) is 3.47. The summed E-state index contributed by atoms with van der Waals surface area (Å²) in [5, 5.41) is 0. The number of carbonyl (C=O) groups is 1. The van der Waals surface area contributed by atoms with Crippen LogP contribution in [-0.4, -0.2) is 13.0 Å². The van der Waals surface area contributed by atoms with E-state index in [9.17, 15) is 9.18 Å². The van der Waals surface area contributed by atoms with Crippen LogP contribution in [0, 0.1) is 5.82 Å². The third-order valence-corrected chi connectivity index (χ3v) is 2.52. The van der Waals surface area contributed by atoms with Crippen molar-refractivity contribution in [2.75, 3.05) is 11.9 Å². The van der Waals surface area contributed by atoms with Crippen LogP contribution in [0.15, 0.2) is 18.2 Å². The van der Waals surface area contributed by atoms with Crippen LogP contribution in [0.2, 0.25) is 0 Å². The average molecular weight is 194 g/mol. The highest BCUT2D eigenvalue weighted by molar-refractivity contribution is 5.96. The van der Waals surface area contributed by atoms with Crippen molar-refractivity contribution in [2.45, 2.75) is 12.5 Å². The van der Waals surface area contributed by atoms with Gasteiger partial charge in [0.2, 0.25) is 5.91 Å². The highest BCUT2D eigenvalue weighted by Gasteiger charge is 2.26. The van der Waals surface area contributed by atoms with Gasteiger partial charge in [-0.25, -0.2) is 4.39 Å². The van der Waals surface area contributed by atoms with E-state index in [1.807, 2.05) is 0 Å². The minimum absolute atomic E-state index is 0.0735. The molecule has 1 aromatic carbocycles.